The number of carbonyl (C=O) groups is 2. The summed E-state index contributed by atoms with van der Waals surface area (Å²) in [6, 6.07) is 7.82. The quantitative estimate of drug-likeness (QED) is 0.830. The van der Waals surface area contributed by atoms with E-state index >= 15 is 0 Å². The number of nitrogens with one attached hydrogen (secondary N) is 2. The summed E-state index contributed by atoms with van der Waals surface area (Å²) in [5.41, 5.74) is 0.500. The first kappa shape index (κ1) is 18.4. The largest absolute Gasteiger partial charge is 0.496 e. The number of nitrogens with zero attached hydrogens (tertiary/aromatic N) is 1. The Labute approximate surface area is 162 Å². The van der Waals surface area contributed by atoms with Crippen LogP contribution in [0.5, 0.6) is 5.75 Å². The van der Waals surface area contributed by atoms with Crippen LogP contribution in [0.1, 0.15) is 32.6 Å². The molecular formula is C21H22FN3O3. The van der Waals surface area contributed by atoms with E-state index in [0.29, 0.717) is 23.6 Å². The molecule has 2 atom stereocenters. The number of fused-ring (bicyclic) bond motifs is 1. The van der Waals surface area contributed by atoms with Crippen LogP contribution in [-0.2, 0) is 9.59 Å². The summed E-state index contributed by atoms with van der Waals surface area (Å²) in [4.78, 5) is 28.8. The fourth-order valence-electron chi connectivity index (χ4n) is 4.60. The van der Waals surface area contributed by atoms with Gasteiger partial charge >= 0.3 is 0 Å². The van der Waals surface area contributed by atoms with Gasteiger partial charge in [0.05, 0.1) is 18.1 Å². The van der Waals surface area contributed by atoms with Gasteiger partial charge in [0.1, 0.15) is 17.4 Å². The van der Waals surface area contributed by atoms with Gasteiger partial charge in [-0.15, -0.1) is 0 Å². The molecule has 1 aromatic heterocycles. The second kappa shape index (κ2) is 6.58. The second-order valence-electron chi connectivity index (χ2n) is 7.60. The first-order valence-electron chi connectivity index (χ1n) is 9.29. The molecule has 2 amide bonds. The minimum absolute atomic E-state index is 0.111. The van der Waals surface area contributed by atoms with Crippen molar-refractivity contribution in [1.82, 2.24) is 10.3 Å². The zero-order chi connectivity index (χ0) is 19.9. The molecule has 146 valence electrons. The SMILES string of the molecule is COc1cc(F)ccc1-c1ccnc(NC(=O)C23CCC[C@]2(NC(C)=O)C3)c1. The molecule has 0 saturated heterocycles. The molecule has 0 spiro atoms. The predicted molar refractivity (Wildman–Crippen MR) is 102 cm³/mol. The Morgan fingerprint density at radius 1 is 1.21 bits per heavy atom. The lowest BCUT2D eigenvalue weighted by Crippen LogP contribution is -2.41. The molecule has 28 heavy (non-hydrogen) atoms. The Balaban J connectivity index is 1.57. The fourth-order valence-corrected chi connectivity index (χ4v) is 4.60. The highest BCUT2D eigenvalue weighted by molar-refractivity contribution is 6.00. The van der Waals surface area contributed by atoms with Crippen molar-refractivity contribution in [3.8, 4) is 16.9 Å². The molecule has 1 unspecified atom stereocenters. The molecule has 4 rings (SSSR count). The normalized spacial score (nSPS) is 25.0. The molecule has 0 aliphatic heterocycles. The maximum Gasteiger partial charge on any atom is 0.234 e. The lowest BCUT2D eigenvalue weighted by Gasteiger charge is -2.19. The molecule has 1 aromatic carbocycles. The standard InChI is InChI=1S/C21H22FN3O3/c1-13(26)25-21-8-3-7-20(21,12-21)19(27)24-18-10-14(6-9-23-18)16-5-4-15(22)11-17(16)28-2/h4-6,9-11H,3,7-8,12H2,1-2H3,(H,25,26)(H,23,24,27)/t20?,21-/m0/s1. The summed E-state index contributed by atoms with van der Waals surface area (Å²) in [6.07, 6.45) is 4.74. The number of hydrogen-bond donors (Lipinski definition) is 2. The van der Waals surface area contributed by atoms with Crippen molar-refractivity contribution in [3.63, 3.8) is 0 Å². The van der Waals surface area contributed by atoms with Crippen molar-refractivity contribution in [1.29, 1.82) is 0 Å². The summed E-state index contributed by atoms with van der Waals surface area (Å²) in [5, 5.41) is 5.89. The van der Waals surface area contributed by atoms with Gasteiger partial charge < -0.3 is 15.4 Å². The molecular weight excluding hydrogens is 361 g/mol. The van der Waals surface area contributed by atoms with Gasteiger partial charge in [-0.25, -0.2) is 9.37 Å². The summed E-state index contributed by atoms with van der Waals surface area (Å²) in [6.45, 7) is 1.48. The Morgan fingerprint density at radius 2 is 2.04 bits per heavy atom. The smallest absolute Gasteiger partial charge is 0.234 e. The average molecular weight is 383 g/mol. The highest BCUT2D eigenvalue weighted by atomic mass is 19.1. The Morgan fingerprint density at radius 3 is 2.79 bits per heavy atom. The van der Waals surface area contributed by atoms with E-state index in [9.17, 15) is 14.0 Å². The number of hydrogen-bond acceptors (Lipinski definition) is 4. The van der Waals surface area contributed by atoms with E-state index in [1.165, 1.54) is 26.2 Å². The number of anilines is 1. The topological polar surface area (TPSA) is 80.3 Å². The van der Waals surface area contributed by atoms with E-state index in [1.807, 2.05) is 0 Å². The van der Waals surface area contributed by atoms with Crippen molar-refractivity contribution in [2.75, 3.05) is 12.4 Å². The molecule has 6 nitrogen and oxygen atoms in total. The maximum absolute atomic E-state index is 13.5. The Bertz CT molecular complexity index is 964. The minimum Gasteiger partial charge on any atom is -0.496 e. The van der Waals surface area contributed by atoms with Crippen molar-refractivity contribution in [2.45, 2.75) is 38.1 Å². The maximum atomic E-state index is 13.5. The fraction of sp³-hybridized carbons (Fsp3) is 0.381. The van der Waals surface area contributed by atoms with Crippen LogP contribution in [0.3, 0.4) is 0 Å². The van der Waals surface area contributed by atoms with Crippen LogP contribution in [0.15, 0.2) is 36.5 Å². The number of aromatic nitrogens is 1. The van der Waals surface area contributed by atoms with Gasteiger partial charge in [0.15, 0.2) is 0 Å². The first-order chi connectivity index (χ1) is 13.4. The summed E-state index contributed by atoms with van der Waals surface area (Å²) in [5.74, 6) is 0.213. The number of pyridine rings is 1. The molecule has 7 heteroatoms. The molecule has 2 fully saturated rings. The van der Waals surface area contributed by atoms with E-state index in [0.717, 1.165) is 24.8 Å². The summed E-state index contributed by atoms with van der Waals surface area (Å²) >= 11 is 0. The Kier molecular flexibility index (Phi) is 4.33. The van der Waals surface area contributed by atoms with E-state index in [1.54, 1.807) is 24.4 Å². The number of ether oxygens (including phenoxy) is 1. The monoisotopic (exact) mass is 383 g/mol. The number of methoxy groups -OCH3 is 1. The third-order valence-corrected chi connectivity index (χ3v) is 5.93. The van der Waals surface area contributed by atoms with E-state index in [2.05, 4.69) is 15.6 Å². The highest BCUT2D eigenvalue weighted by Crippen LogP contribution is 2.67. The summed E-state index contributed by atoms with van der Waals surface area (Å²) < 4.78 is 18.7. The van der Waals surface area contributed by atoms with Crippen LogP contribution in [-0.4, -0.2) is 29.4 Å². The molecule has 2 aliphatic rings. The lowest BCUT2D eigenvalue weighted by atomic mass is 10.0. The third-order valence-electron chi connectivity index (χ3n) is 5.93. The number of halogens is 1. The lowest BCUT2D eigenvalue weighted by molar-refractivity contribution is -0.122. The zero-order valence-electron chi connectivity index (χ0n) is 15.8. The molecule has 2 aromatic rings. The van der Waals surface area contributed by atoms with Crippen LogP contribution in [0.25, 0.3) is 11.1 Å². The second-order valence-corrected chi connectivity index (χ2v) is 7.60. The van der Waals surface area contributed by atoms with Crippen LogP contribution < -0.4 is 15.4 Å². The van der Waals surface area contributed by atoms with Gasteiger partial charge in [0, 0.05) is 24.8 Å². The third kappa shape index (κ3) is 2.91. The van der Waals surface area contributed by atoms with Crippen molar-refractivity contribution >= 4 is 17.6 Å². The number of rotatable bonds is 5. The van der Waals surface area contributed by atoms with Crippen molar-refractivity contribution in [3.05, 3.63) is 42.3 Å². The molecule has 2 saturated carbocycles. The van der Waals surface area contributed by atoms with Gasteiger partial charge in [-0.05, 0) is 55.5 Å². The zero-order valence-corrected chi connectivity index (χ0v) is 15.8. The van der Waals surface area contributed by atoms with Crippen LogP contribution in [0.4, 0.5) is 10.2 Å². The van der Waals surface area contributed by atoms with E-state index in [4.69, 9.17) is 4.74 Å². The first-order valence-corrected chi connectivity index (χ1v) is 9.29. The van der Waals surface area contributed by atoms with E-state index in [-0.39, 0.29) is 17.6 Å². The van der Waals surface area contributed by atoms with E-state index < -0.39 is 11.0 Å². The number of carbonyl (C=O) groups excluding carboxylic acids is 2. The highest BCUT2D eigenvalue weighted by Gasteiger charge is 2.74. The van der Waals surface area contributed by atoms with Gasteiger partial charge in [-0.1, -0.05) is 0 Å². The minimum atomic E-state index is -0.552. The summed E-state index contributed by atoms with van der Waals surface area (Å²) in [7, 11) is 1.48. The molecule has 0 radical (unpaired) electrons. The predicted octanol–water partition coefficient (Wildman–Crippen LogP) is 3.28. The Hall–Kier alpha value is -2.96. The molecule has 2 aliphatic carbocycles. The molecule has 0 bridgehead atoms. The number of amides is 2. The average Bonchev–Trinajstić information content (AvgIpc) is 3.15. The van der Waals surface area contributed by atoms with Crippen molar-refractivity contribution < 1.29 is 18.7 Å². The van der Waals surface area contributed by atoms with Crippen molar-refractivity contribution in [2.24, 2.45) is 5.41 Å². The van der Waals surface area contributed by atoms with Crippen LogP contribution in [0.2, 0.25) is 0 Å². The number of benzene rings is 1. The van der Waals surface area contributed by atoms with Crippen LogP contribution in [0, 0.1) is 11.2 Å². The van der Waals surface area contributed by atoms with Gasteiger partial charge in [0.2, 0.25) is 11.8 Å². The van der Waals surface area contributed by atoms with Crippen LogP contribution >= 0.6 is 0 Å². The molecule has 1 heterocycles. The van der Waals surface area contributed by atoms with Gasteiger partial charge in [0.25, 0.3) is 0 Å². The van der Waals surface area contributed by atoms with Gasteiger partial charge in [-0.2, -0.15) is 0 Å². The molecule has 2 N–H and O–H groups in total. The van der Waals surface area contributed by atoms with Gasteiger partial charge in [-0.3, -0.25) is 9.59 Å².